The number of hydrogen-bond acceptors (Lipinski definition) is 3. The van der Waals surface area contributed by atoms with E-state index in [0.717, 1.165) is 5.69 Å². The third-order valence-electron chi connectivity index (χ3n) is 3.95. The number of anilines is 1. The number of furan rings is 1. The molecule has 1 aromatic heterocycles. The molecule has 0 unspecified atom stereocenters. The third-order valence-corrected chi connectivity index (χ3v) is 4.66. The predicted molar refractivity (Wildman–Crippen MR) is 109 cm³/mol. The molecule has 0 radical (unpaired) electrons. The third kappa shape index (κ3) is 4.99. The number of nitrogens with zero attached hydrogens (tertiary/aromatic N) is 1. The molecule has 1 N–H and O–H groups in total. The van der Waals surface area contributed by atoms with E-state index in [1.165, 1.54) is 6.07 Å². The number of ether oxygens (including phenoxy) is 1. The Labute approximate surface area is 167 Å². The fourth-order valence-corrected chi connectivity index (χ4v) is 3.04. The van der Waals surface area contributed by atoms with Crippen LogP contribution in [0.5, 0.6) is 5.75 Å². The van der Waals surface area contributed by atoms with Crippen molar-refractivity contribution in [3.8, 4) is 5.75 Å². The lowest BCUT2D eigenvalue weighted by atomic mass is 10.2. The van der Waals surface area contributed by atoms with Gasteiger partial charge in [-0.25, -0.2) is 4.39 Å². The molecular formula is C20H18ClFN2O2S. The van der Waals surface area contributed by atoms with Crippen molar-refractivity contribution in [2.45, 2.75) is 13.1 Å². The van der Waals surface area contributed by atoms with Crippen molar-refractivity contribution >= 4 is 34.6 Å². The van der Waals surface area contributed by atoms with Gasteiger partial charge in [0.05, 0.1) is 19.9 Å². The Balaban J connectivity index is 1.83. The Morgan fingerprint density at radius 3 is 2.70 bits per heavy atom. The van der Waals surface area contributed by atoms with Crippen LogP contribution in [0.2, 0.25) is 5.02 Å². The van der Waals surface area contributed by atoms with Crippen LogP contribution in [-0.2, 0) is 13.1 Å². The molecule has 0 spiro atoms. The summed E-state index contributed by atoms with van der Waals surface area (Å²) in [6, 6.07) is 15.6. The van der Waals surface area contributed by atoms with Gasteiger partial charge >= 0.3 is 0 Å². The average molecular weight is 405 g/mol. The van der Waals surface area contributed by atoms with Gasteiger partial charge in [0.15, 0.2) is 5.11 Å². The van der Waals surface area contributed by atoms with Gasteiger partial charge in [-0.3, -0.25) is 0 Å². The van der Waals surface area contributed by atoms with Crippen LogP contribution in [0.3, 0.4) is 0 Å². The average Bonchev–Trinajstić information content (AvgIpc) is 3.17. The summed E-state index contributed by atoms with van der Waals surface area (Å²) in [6.45, 7) is 0.565. The number of rotatable bonds is 6. The van der Waals surface area contributed by atoms with E-state index in [4.69, 9.17) is 33.0 Å². The van der Waals surface area contributed by atoms with Crippen molar-refractivity contribution in [3.63, 3.8) is 0 Å². The second kappa shape index (κ2) is 8.88. The van der Waals surface area contributed by atoms with E-state index in [9.17, 15) is 4.39 Å². The first kappa shape index (κ1) is 19.2. The Hall–Kier alpha value is -2.57. The maximum absolute atomic E-state index is 14.3. The van der Waals surface area contributed by atoms with Crippen molar-refractivity contribution in [2.24, 2.45) is 0 Å². The van der Waals surface area contributed by atoms with Gasteiger partial charge in [-0.2, -0.15) is 0 Å². The summed E-state index contributed by atoms with van der Waals surface area (Å²) in [7, 11) is 1.60. The molecular weight excluding hydrogens is 387 g/mol. The highest BCUT2D eigenvalue weighted by Gasteiger charge is 2.17. The fraction of sp³-hybridized carbons (Fsp3) is 0.150. The lowest BCUT2D eigenvalue weighted by Crippen LogP contribution is -2.34. The van der Waals surface area contributed by atoms with Crippen molar-refractivity contribution in [1.29, 1.82) is 0 Å². The quantitative estimate of drug-likeness (QED) is 0.550. The first-order chi connectivity index (χ1) is 13.1. The molecule has 140 valence electrons. The maximum atomic E-state index is 14.3. The lowest BCUT2D eigenvalue weighted by Gasteiger charge is -2.26. The van der Waals surface area contributed by atoms with Crippen LogP contribution in [0, 0.1) is 5.82 Å². The van der Waals surface area contributed by atoms with Crippen LogP contribution in [0.15, 0.2) is 65.3 Å². The molecule has 4 nitrogen and oxygen atoms in total. The second-order valence-electron chi connectivity index (χ2n) is 5.80. The van der Waals surface area contributed by atoms with Gasteiger partial charge in [-0.15, -0.1) is 0 Å². The van der Waals surface area contributed by atoms with Gasteiger partial charge in [0.2, 0.25) is 0 Å². The number of nitrogens with one attached hydrogen (secondary N) is 1. The highest BCUT2D eigenvalue weighted by atomic mass is 35.5. The number of thiocarbonyl (C=S) groups is 1. The second-order valence-corrected chi connectivity index (χ2v) is 6.59. The highest BCUT2D eigenvalue weighted by Crippen LogP contribution is 2.23. The summed E-state index contributed by atoms with van der Waals surface area (Å²) in [5.74, 6) is 1.03. The van der Waals surface area contributed by atoms with Crippen LogP contribution >= 0.6 is 23.8 Å². The first-order valence-corrected chi connectivity index (χ1v) is 9.00. The van der Waals surface area contributed by atoms with Crippen LogP contribution in [0.4, 0.5) is 10.1 Å². The standard InChI is InChI=1S/C20H18ClFN2O2S/c1-25-15-6-2-5-14(11-15)23-20(27)24(12-16-7-4-10-26-16)13-17-18(21)8-3-9-19(17)22/h2-11H,12-13H2,1H3,(H,23,27). The zero-order chi connectivity index (χ0) is 19.2. The number of benzene rings is 2. The summed E-state index contributed by atoms with van der Waals surface area (Å²) in [6.07, 6.45) is 1.59. The Kier molecular flexibility index (Phi) is 6.32. The van der Waals surface area contributed by atoms with Crippen LogP contribution in [0.1, 0.15) is 11.3 Å². The lowest BCUT2D eigenvalue weighted by molar-refractivity contribution is 0.355. The van der Waals surface area contributed by atoms with Gasteiger partial charge in [0, 0.05) is 28.9 Å². The topological polar surface area (TPSA) is 37.6 Å². The van der Waals surface area contributed by atoms with Gasteiger partial charge < -0.3 is 19.4 Å². The molecule has 27 heavy (non-hydrogen) atoms. The number of methoxy groups -OCH3 is 1. The van der Waals surface area contributed by atoms with Crippen molar-refractivity contribution in [3.05, 3.63) is 83.0 Å². The van der Waals surface area contributed by atoms with E-state index in [-0.39, 0.29) is 12.4 Å². The zero-order valence-corrected chi connectivity index (χ0v) is 16.2. The van der Waals surface area contributed by atoms with Crippen molar-refractivity contribution in [2.75, 3.05) is 12.4 Å². The monoisotopic (exact) mass is 404 g/mol. The fourth-order valence-electron chi connectivity index (χ4n) is 2.57. The Morgan fingerprint density at radius 2 is 2.00 bits per heavy atom. The van der Waals surface area contributed by atoms with Gasteiger partial charge in [0.25, 0.3) is 0 Å². The van der Waals surface area contributed by atoms with Gasteiger partial charge in [-0.05, 0) is 48.6 Å². The summed E-state index contributed by atoms with van der Waals surface area (Å²) < 4.78 is 24.9. The van der Waals surface area contributed by atoms with Gasteiger partial charge in [0.1, 0.15) is 17.3 Å². The molecule has 0 saturated carbocycles. The summed E-state index contributed by atoms with van der Waals surface area (Å²) in [5.41, 5.74) is 1.14. The van der Waals surface area contributed by atoms with Gasteiger partial charge in [-0.1, -0.05) is 23.7 Å². The van der Waals surface area contributed by atoms with Crippen LogP contribution in [-0.4, -0.2) is 17.1 Å². The largest absolute Gasteiger partial charge is 0.497 e. The molecule has 0 aliphatic rings. The molecule has 7 heteroatoms. The van der Waals surface area contributed by atoms with Crippen molar-refractivity contribution < 1.29 is 13.5 Å². The summed E-state index contributed by atoms with van der Waals surface area (Å²) >= 11 is 11.8. The molecule has 0 bridgehead atoms. The molecule has 0 aliphatic carbocycles. The first-order valence-electron chi connectivity index (χ1n) is 8.22. The Morgan fingerprint density at radius 1 is 1.19 bits per heavy atom. The summed E-state index contributed by atoms with van der Waals surface area (Å²) in [5, 5.41) is 3.92. The SMILES string of the molecule is COc1cccc(NC(=S)N(Cc2ccco2)Cc2c(F)cccc2Cl)c1. The maximum Gasteiger partial charge on any atom is 0.174 e. The summed E-state index contributed by atoms with van der Waals surface area (Å²) in [4.78, 5) is 1.79. The number of hydrogen-bond donors (Lipinski definition) is 1. The van der Waals surface area contributed by atoms with E-state index in [0.29, 0.717) is 33.8 Å². The zero-order valence-electron chi connectivity index (χ0n) is 14.6. The van der Waals surface area contributed by atoms with E-state index < -0.39 is 0 Å². The molecule has 0 amide bonds. The minimum atomic E-state index is -0.379. The minimum absolute atomic E-state index is 0.196. The minimum Gasteiger partial charge on any atom is -0.497 e. The normalized spacial score (nSPS) is 10.5. The van der Waals surface area contributed by atoms with E-state index in [1.807, 2.05) is 30.3 Å². The smallest absolute Gasteiger partial charge is 0.174 e. The molecule has 2 aromatic carbocycles. The molecule has 0 saturated heterocycles. The van der Waals surface area contributed by atoms with Crippen molar-refractivity contribution in [1.82, 2.24) is 4.90 Å². The highest BCUT2D eigenvalue weighted by molar-refractivity contribution is 7.80. The molecule has 3 aromatic rings. The Bertz CT molecular complexity index is 898. The molecule has 1 heterocycles. The van der Waals surface area contributed by atoms with Crippen LogP contribution in [0.25, 0.3) is 0 Å². The molecule has 0 fully saturated rings. The predicted octanol–water partition coefficient (Wildman–Crippen LogP) is 5.48. The number of halogens is 2. The molecule has 0 aliphatic heterocycles. The van der Waals surface area contributed by atoms with E-state index >= 15 is 0 Å². The van der Waals surface area contributed by atoms with E-state index in [2.05, 4.69) is 5.32 Å². The van der Waals surface area contributed by atoms with Crippen LogP contribution < -0.4 is 10.1 Å². The molecule has 0 atom stereocenters. The van der Waals surface area contributed by atoms with E-state index in [1.54, 1.807) is 36.5 Å². The molecule has 3 rings (SSSR count).